The van der Waals surface area contributed by atoms with Crippen molar-refractivity contribution >= 4 is 5.78 Å². The number of hydrogen-bond acceptors (Lipinski definition) is 3. The van der Waals surface area contributed by atoms with Gasteiger partial charge in [-0.25, -0.2) is 0 Å². The van der Waals surface area contributed by atoms with Gasteiger partial charge in [-0.1, -0.05) is 13.0 Å². The molecule has 1 aliphatic heterocycles. The van der Waals surface area contributed by atoms with Gasteiger partial charge >= 0.3 is 0 Å². The number of Topliss-reactive ketones (excluding diaryl/α,β-unsaturated/α-hetero) is 1. The number of carbonyl (C=O) groups excluding carboxylic acids is 1. The highest BCUT2D eigenvalue weighted by Gasteiger charge is 2.60. The van der Waals surface area contributed by atoms with E-state index in [4.69, 9.17) is 9.47 Å². The lowest BCUT2D eigenvalue weighted by Crippen LogP contribution is -2.46. The molecule has 106 valence electrons. The number of hydrogen-bond donors (Lipinski definition) is 0. The van der Waals surface area contributed by atoms with E-state index in [0.29, 0.717) is 5.78 Å². The number of rotatable bonds is 2. The number of ketones is 1. The molecule has 1 spiro atoms. The van der Waals surface area contributed by atoms with Gasteiger partial charge < -0.3 is 9.47 Å². The van der Waals surface area contributed by atoms with E-state index in [-0.39, 0.29) is 29.3 Å². The molecule has 19 heavy (non-hydrogen) atoms. The molecule has 2 saturated carbocycles. The van der Waals surface area contributed by atoms with E-state index in [1.807, 2.05) is 19.9 Å². The van der Waals surface area contributed by atoms with Crippen LogP contribution in [0.2, 0.25) is 0 Å². The normalized spacial score (nSPS) is 45.4. The SMILES string of the molecule is CC(C)OC1C=C[C@]2(CC[C@@]3(C)CCCC(=O)[C@H]32)O1. The predicted molar refractivity (Wildman–Crippen MR) is 72.7 cm³/mol. The first-order chi connectivity index (χ1) is 8.95. The van der Waals surface area contributed by atoms with Crippen LogP contribution in [-0.2, 0) is 14.3 Å². The van der Waals surface area contributed by atoms with Crippen molar-refractivity contribution in [3.63, 3.8) is 0 Å². The predicted octanol–water partition coefficient (Wildman–Crippen LogP) is 3.23. The number of ether oxygens (including phenoxy) is 2. The summed E-state index contributed by atoms with van der Waals surface area (Å²) in [6.07, 6.45) is 8.91. The second-order valence-electron chi connectivity index (χ2n) is 6.89. The first-order valence-corrected chi connectivity index (χ1v) is 7.51. The second kappa shape index (κ2) is 4.42. The molecule has 0 bridgehead atoms. The maximum atomic E-state index is 12.4. The number of carbonyl (C=O) groups is 1. The van der Waals surface area contributed by atoms with Crippen molar-refractivity contribution in [1.29, 1.82) is 0 Å². The third-order valence-electron chi connectivity index (χ3n) is 5.04. The van der Waals surface area contributed by atoms with Gasteiger partial charge in [0.2, 0.25) is 0 Å². The minimum absolute atomic E-state index is 0.0331. The van der Waals surface area contributed by atoms with Gasteiger partial charge in [0.05, 0.1) is 12.0 Å². The smallest absolute Gasteiger partial charge is 0.178 e. The van der Waals surface area contributed by atoms with Crippen LogP contribution in [-0.4, -0.2) is 23.8 Å². The first kappa shape index (κ1) is 13.3. The summed E-state index contributed by atoms with van der Waals surface area (Å²) in [4.78, 5) is 12.4. The van der Waals surface area contributed by atoms with Crippen molar-refractivity contribution in [3.8, 4) is 0 Å². The summed E-state index contributed by atoms with van der Waals surface area (Å²) in [6.45, 7) is 6.27. The van der Waals surface area contributed by atoms with Crippen molar-refractivity contribution < 1.29 is 14.3 Å². The maximum Gasteiger partial charge on any atom is 0.178 e. The molecule has 3 heteroatoms. The molecule has 2 fully saturated rings. The molecular weight excluding hydrogens is 240 g/mol. The van der Waals surface area contributed by atoms with Crippen LogP contribution in [0.4, 0.5) is 0 Å². The molecule has 2 aliphatic carbocycles. The Bertz CT molecular complexity index is 414. The van der Waals surface area contributed by atoms with Gasteiger partial charge in [0.1, 0.15) is 11.4 Å². The van der Waals surface area contributed by atoms with E-state index >= 15 is 0 Å². The monoisotopic (exact) mass is 264 g/mol. The highest BCUT2D eigenvalue weighted by molar-refractivity contribution is 5.85. The summed E-state index contributed by atoms with van der Waals surface area (Å²) in [5, 5.41) is 0. The summed E-state index contributed by atoms with van der Waals surface area (Å²) in [5.41, 5.74) is -0.252. The van der Waals surface area contributed by atoms with Crippen molar-refractivity contribution in [2.24, 2.45) is 11.3 Å². The minimum Gasteiger partial charge on any atom is -0.346 e. The van der Waals surface area contributed by atoms with Gasteiger partial charge in [-0.05, 0) is 51.0 Å². The van der Waals surface area contributed by atoms with Crippen molar-refractivity contribution in [2.75, 3.05) is 0 Å². The zero-order valence-electron chi connectivity index (χ0n) is 12.1. The Morgan fingerprint density at radius 1 is 1.37 bits per heavy atom. The summed E-state index contributed by atoms with van der Waals surface area (Å²) < 4.78 is 11.9. The summed E-state index contributed by atoms with van der Waals surface area (Å²) in [7, 11) is 0. The van der Waals surface area contributed by atoms with E-state index in [2.05, 4.69) is 13.0 Å². The third kappa shape index (κ3) is 2.07. The summed E-state index contributed by atoms with van der Waals surface area (Å²) >= 11 is 0. The van der Waals surface area contributed by atoms with Gasteiger partial charge in [-0.15, -0.1) is 0 Å². The molecule has 1 unspecified atom stereocenters. The molecule has 3 aliphatic rings. The van der Waals surface area contributed by atoms with E-state index in [9.17, 15) is 4.79 Å². The van der Waals surface area contributed by atoms with Crippen LogP contribution >= 0.6 is 0 Å². The molecule has 0 saturated heterocycles. The van der Waals surface area contributed by atoms with Crippen LogP contribution in [0.25, 0.3) is 0 Å². The topological polar surface area (TPSA) is 35.5 Å². The van der Waals surface area contributed by atoms with Gasteiger partial charge in [0.15, 0.2) is 6.29 Å². The quantitative estimate of drug-likeness (QED) is 0.718. The molecule has 3 rings (SSSR count). The number of fused-ring (bicyclic) bond motifs is 2. The fraction of sp³-hybridized carbons (Fsp3) is 0.812. The Labute approximate surface area is 115 Å². The fourth-order valence-electron chi connectivity index (χ4n) is 4.28. The summed E-state index contributed by atoms with van der Waals surface area (Å²) in [6, 6.07) is 0. The lowest BCUT2D eigenvalue weighted by molar-refractivity contribution is -0.188. The van der Waals surface area contributed by atoms with E-state index in [1.54, 1.807) is 0 Å². The van der Waals surface area contributed by atoms with Crippen LogP contribution in [0.15, 0.2) is 12.2 Å². The lowest BCUT2D eigenvalue weighted by atomic mass is 9.66. The molecule has 0 aromatic carbocycles. The Morgan fingerprint density at radius 2 is 2.16 bits per heavy atom. The molecule has 0 aromatic heterocycles. The highest BCUT2D eigenvalue weighted by atomic mass is 16.7. The van der Waals surface area contributed by atoms with Gasteiger partial charge in [0, 0.05) is 6.42 Å². The van der Waals surface area contributed by atoms with Crippen molar-refractivity contribution in [1.82, 2.24) is 0 Å². The molecule has 0 amide bonds. The second-order valence-corrected chi connectivity index (χ2v) is 6.89. The van der Waals surface area contributed by atoms with Gasteiger partial charge in [-0.2, -0.15) is 0 Å². The molecule has 0 aromatic rings. The van der Waals surface area contributed by atoms with Crippen LogP contribution in [0.5, 0.6) is 0 Å². The summed E-state index contributed by atoms with van der Waals surface area (Å²) in [5.74, 6) is 0.423. The molecule has 0 N–H and O–H groups in total. The average Bonchev–Trinajstić information content (AvgIpc) is 2.83. The zero-order chi connectivity index (χ0) is 13.7. The standard InChI is InChI=1S/C16H24O3/c1-11(2)18-13-6-8-16(19-13)10-9-15(3)7-4-5-12(17)14(15)16/h6,8,11,13-14H,4-5,7,9-10H2,1-3H3/t13?,14-,15-,16-/m1/s1. The fourth-order valence-corrected chi connectivity index (χ4v) is 4.28. The lowest BCUT2D eigenvalue weighted by Gasteiger charge is -2.40. The first-order valence-electron chi connectivity index (χ1n) is 7.51. The zero-order valence-corrected chi connectivity index (χ0v) is 12.1. The average molecular weight is 264 g/mol. The Hall–Kier alpha value is -0.670. The van der Waals surface area contributed by atoms with Crippen LogP contribution in [0.3, 0.4) is 0 Å². The molecule has 0 radical (unpaired) electrons. The molecule has 3 nitrogen and oxygen atoms in total. The van der Waals surface area contributed by atoms with E-state index < -0.39 is 0 Å². The van der Waals surface area contributed by atoms with Gasteiger partial charge in [-0.3, -0.25) is 4.79 Å². The largest absolute Gasteiger partial charge is 0.346 e. The molecule has 1 heterocycles. The van der Waals surface area contributed by atoms with Crippen LogP contribution in [0.1, 0.15) is 52.9 Å². The Kier molecular flexibility index (Phi) is 3.10. The molecule has 4 atom stereocenters. The maximum absolute atomic E-state index is 12.4. The van der Waals surface area contributed by atoms with Crippen molar-refractivity contribution in [2.45, 2.75) is 70.9 Å². The Morgan fingerprint density at radius 3 is 2.89 bits per heavy atom. The highest BCUT2D eigenvalue weighted by Crippen LogP contribution is 2.58. The van der Waals surface area contributed by atoms with Crippen molar-refractivity contribution in [3.05, 3.63) is 12.2 Å². The van der Waals surface area contributed by atoms with E-state index in [0.717, 1.165) is 32.1 Å². The van der Waals surface area contributed by atoms with Gasteiger partial charge in [0.25, 0.3) is 0 Å². The van der Waals surface area contributed by atoms with Crippen LogP contribution in [0, 0.1) is 11.3 Å². The Balaban J connectivity index is 1.83. The minimum atomic E-state index is -0.383. The van der Waals surface area contributed by atoms with Crippen LogP contribution < -0.4 is 0 Å². The third-order valence-corrected chi connectivity index (χ3v) is 5.04. The van der Waals surface area contributed by atoms with E-state index in [1.165, 1.54) is 0 Å². The molecular formula is C16H24O3.